The zero-order valence-corrected chi connectivity index (χ0v) is 13.3. The molecule has 3 rings (SSSR count). The fraction of sp³-hybridized carbons (Fsp3) is 0.211. The number of amides is 1. The predicted octanol–water partition coefficient (Wildman–Crippen LogP) is 3.31. The SMILES string of the molecule is COc1ccc(/C=C/C(=O)N2CCc3ccccc32)cc1OC. The average Bonchev–Trinajstić information content (AvgIpc) is 3.03. The third-order valence-electron chi connectivity index (χ3n) is 3.98. The summed E-state index contributed by atoms with van der Waals surface area (Å²) in [7, 11) is 3.19. The third-order valence-corrected chi connectivity index (χ3v) is 3.98. The van der Waals surface area contributed by atoms with E-state index >= 15 is 0 Å². The molecule has 1 aliphatic rings. The molecule has 0 fully saturated rings. The number of carbonyl (C=O) groups is 1. The van der Waals surface area contributed by atoms with Crippen molar-refractivity contribution in [3.8, 4) is 11.5 Å². The van der Waals surface area contributed by atoms with E-state index in [9.17, 15) is 4.79 Å². The van der Waals surface area contributed by atoms with Crippen LogP contribution in [0, 0.1) is 0 Å². The van der Waals surface area contributed by atoms with Gasteiger partial charge in [-0.2, -0.15) is 0 Å². The first kappa shape index (κ1) is 15.2. The van der Waals surface area contributed by atoms with Gasteiger partial charge in [0.15, 0.2) is 11.5 Å². The van der Waals surface area contributed by atoms with Crippen molar-refractivity contribution in [3.05, 3.63) is 59.7 Å². The highest BCUT2D eigenvalue weighted by Gasteiger charge is 2.22. The minimum absolute atomic E-state index is 0.00950. The molecular weight excluding hydrogens is 290 g/mol. The van der Waals surface area contributed by atoms with Crippen LogP contribution in [0.1, 0.15) is 11.1 Å². The molecule has 0 N–H and O–H groups in total. The minimum Gasteiger partial charge on any atom is -0.493 e. The molecule has 118 valence electrons. The minimum atomic E-state index is -0.00950. The highest BCUT2D eigenvalue weighted by atomic mass is 16.5. The van der Waals surface area contributed by atoms with Gasteiger partial charge in [0.25, 0.3) is 5.91 Å². The van der Waals surface area contributed by atoms with E-state index in [0.29, 0.717) is 11.5 Å². The topological polar surface area (TPSA) is 38.8 Å². The molecule has 0 atom stereocenters. The molecule has 0 bridgehead atoms. The van der Waals surface area contributed by atoms with Crippen molar-refractivity contribution in [1.29, 1.82) is 0 Å². The van der Waals surface area contributed by atoms with Crippen LogP contribution in [0.2, 0.25) is 0 Å². The summed E-state index contributed by atoms with van der Waals surface area (Å²) in [4.78, 5) is 14.3. The Morgan fingerprint density at radius 2 is 1.87 bits per heavy atom. The molecule has 1 aliphatic heterocycles. The summed E-state index contributed by atoms with van der Waals surface area (Å²) < 4.78 is 10.5. The summed E-state index contributed by atoms with van der Waals surface area (Å²) in [5.74, 6) is 1.31. The van der Waals surface area contributed by atoms with Gasteiger partial charge in [-0.1, -0.05) is 24.3 Å². The van der Waals surface area contributed by atoms with Gasteiger partial charge in [0.05, 0.1) is 14.2 Å². The lowest BCUT2D eigenvalue weighted by Gasteiger charge is -2.14. The second-order valence-electron chi connectivity index (χ2n) is 5.32. The fourth-order valence-electron chi connectivity index (χ4n) is 2.78. The van der Waals surface area contributed by atoms with Gasteiger partial charge in [-0.15, -0.1) is 0 Å². The molecule has 0 unspecified atom stereocenters. The maximum absolute atomic E-state index is 12.4. The summed E-state index contributed by atoms with van der Waals surface area (Å²) in [6.07, 6.45) is 4.31. The van der Waals surface area contributed by atoms with Crippen LogP contribution in [0.15, 0.2) is 48.5 Å². The lowest BCUT2D eigenvalue weighted by molar-refractivity contribution is -0.114. The number of methoxy groups -OCH3 is 2. The van der Waals surface area contributed by atoms with Crippen LogP contribution in [-0.2, 0) is 11.2 Å². The molecule has 1 heterocycles. The molecule has 2 aromatic rings. The van der Waals surface area contributed by atoms with Crippen LogP contribution in [-0.4, -0.2) is 26.7 Å². The Hall–Kier alpha value is -2.75. The maximum Gasteiger partial charge on any atom is 0.251 e. The summed E-state index contributed by atoms with van der Waals surface area (Å²) in [6.45, 7) is 0.731. The molecule has 0 saturated heterocycles. The molecule has 4 heteroatoms. The Morgan fingerprint density at radius 3 is 2.65 bits per heavy atom. The van der Waals surface area contributed by atoms with Crippen molar-refractivity contribution in [2.24, 2.45) is 0 Å². The molecule has 0 saturated carbocycles. The first-order valence-electron chi connectivity index (χ1n) is 7.52. The molecule has 23 heavy (non-hydrogen) atoms. The molecule has 0 aliphatic carbocycles. The highest BCUT2D eigenvalue weighted by molar-refractivity contribution is 6.05. The lowest BCUT2D eigenvalue weighted by Crippen LogP contribution is -2.26. The summed E-state index contributed by atoms with van der Waals surface area (Å²) in [5, 5.41) is 0. The van der Waals surface area contributed by atoms with Crippen LogP contribution >= 0.6 is 0 Å². The van der Waals surface area contributed by atoms with Crippen molar-refractivity contribution >= 4 is 17.7 Å². The van der Waals surface area contributed by atoms with Crippen LogP contribution in [0.5, 0.6) is 11.5 Å². The van der Waals surface area contributed by atoms with Crippen molar-refractivity contribution in [2.45, 2.75) is 6.42 Å². The second kappa shape index (κ2) is 6.57. The van der Waals surface area contributed by atoms with E-state index in [-0.39, 0.29) is 5.91 Å². The van der Waals surface area contributed by atoms with E-state index in [1.807, 2.05) is 41.3 Å². The molecule has 1 amide bonds. The molecule has 0 spiro atoms. The van der Waals surface area contributed by atoms with Gasteiger partial charge in [-0.25, -0.2) is 0 Å². The van der Waals surface area contributed by atoms with E-state index < -0.39 is 0 Å². The molecule has 0 aromatic heterocycles. The van der Waals surface area contributed by atoms with E-state index in [4.69, 9.17) is 9.47 Å². The van der Waals surface area contributed by atoms with E-state index in [1.54, 1.807) is 26.4 Å². The number of benzene rings is 2. The van der Waals surface area contributed by atoms with Gasteiger partial charge >= 0.3 is 0 Å². The lowest BCUT2D eigenvalue weighted by atomic mass is 10.1. The zero-order valence-electron chi connectivity index (χ0n) is 13.3. The van der Waals surface area contributed by atoms with Gasteiger partial charge in [-0.05, 0) is 41.8 Å². The Labute approximate surface area is 135 Å². The van der Waals surface area contributed by atoms with Gasteiger partial charge in [-0.3, -0.25) is 4.79 Å². The van der Waals surface area contributed by atoms with Crippen molar-refractivity contribution in [2.75, 3.05) is 25.7 Å². The number of carbonyl (C=O) groups excluding carboxylic acids is 1. The Bertz CT molecular complexity index is 752. The van der Waals surface area contributed by atoms with E-state index in [1.165, 1.54) is 5.56 Å². The fourth-order valence-corrected chi connectivity index (χ4v) is 2.78. The van der Waals surface area contributed by atoms with Crippen LogP contribution < -0.4 is 14.4 Å². The van der Waals surface area contributed by atoms with E-state index in [0.717, 1.165) is 24.2 Å². The van der Waals surface area contributed by atoms with Gasteiger partial charge in [0.2, 0.25) is 0 Å². The largest absolute Gasteiger partial charge is 0.493 e. The quantitative estimate of drug-likeness (QED) is 0.813. The normalized spacial score (nSPS) is 13.2. The Morgan fingerprint density at radius 1 is 1.09 bits per heavy atom. The predicted molar refractivity (Wildman–Crippen MR) is 91.1 cm³/mol. The molecule has 4 nitrogen and oxygen atoms in total. The third kappa shape index (κ3) is 3.06. The van der Waals surface area contributed by atoms with Gasteiger partial charge in [0, 0.05) is 18.3 Å². The number of fused-ring (bicyclic) bond motifs is 1. The highest BCUT2D eigenvalue weighted by Crippen LogP contribution is 2.29. The molecular formula is C19H19NO3. The summed E-state index contributed by atoms with van der Waals surface area (Å²) in [5.41, 5.74) is 3.12. The number of rotatable bonds is 4. The van der Waals surface area contributed by atoms with Crippen molar-refractivity contribution < 1.29 is 14.3 Å². The summed E-state index contributed by atoms with van der Waals surface area (Å²) in [6, 6.07) is 13.6. The zero-order chi connectivity index (χ0) is 16.2. The Kier molecular flexibility index (Phi) is 4.33. The number of hydrogen-bond donors (Lipinski definition) is 0. The summed E-state index contributed by atoms with van der Waals surface area (Å²) >= 11 is 0. The number of para-hydroxylation sites is 1. The van der Waals surface area contributed by atoms with Crippen LogP contribution in [0.4, 0.5) is 5.69 Å². The molecule has 0 radical (unpaired) electrons. The van der Waals surface area contributed by atoms with Crippen molar-refractivity contribution in [1.82, 2.24) is 0 Å². The maximum atomic E-state index is 12.4. The first-order chi connectivity index (χ1) is 11.2. The number of hydrogen-bond acceptors (Lipinski definition) is 3. The molecule has 2 aromatic carbocycles. The van der Waals surface area contributed by atoms with E-state index in [2.05, 4.69) is 6.07 Å². The Balaban J connectivity index is 1.77. The number of anilines is 1. The van der Waals surface area contributed by atoms with Crippen molar-refractivity contribution in [3.63, 3.8) is 0 Å². The van der Waals surface area contributed by atoms with Crippen LogP contribution in [0.25, 0.3) is 6.08 Å². The van der Waals surface area contributed by atoms with Gasteiger partial charge in [0.1, 0.15) is 0 Å². The first-order valence-corrected chi connectivity index (χ1v) is 7.52. The average molecular weight is 309 g/mol. The van der Waals surface area contributed by atoms with Gasteiger partial charge < -0.3 is 14.4 Å². The second-order valence-corrected chi connectivity index (χ2v) is 5.32. The smallest absolute Gasteiger partial charge is 0.251 e. The standard InChI is InChI=1S/C19H19NO3/c1-22-17-9-7-14(13-18(17)23-2)8-10-19(21)20-12-11-15-5-3-4-6-16(15)20/h3-10,13H,11-12H2,1-2H3/b10-8+. The number of nitrogens with zero attached hydrogens (tertiary/aromatic N) is 1. The van der Waals surface area contributed by atoms with Crippen LogP contribution in [0.3, 0.4) is 0 Å². The monoisotopic (exact) mass is 309 g/mol. The number of ether oxygens (including phenoxy) is 2.